The summed E-state index contributed by atoms with van der Waals surface area (Å²) >= 11 is 9.58. The molecule has 0 unspecified atom stereocenters. The Morgan fingerprint density at radius 1 is 1.19 bits per heavy atom. The van der Waals surface area contributed by atoms with Crippen LogP contribution in [0.2, 0.25) is 5.02 Å². The van der Waals surface area contributed by atoms with Crippen molar-refractivity contribution in [3.8, 4) is 5.75 Å². The van der Waals surface area contributed by atoms with Crippen molar-refractivity contribution >= 4 is 43.3 Å². The number of benzene rings is 2. The van der Waals surface area contributed by atoms with Gasteiger partial charge >= 0.3 is 0 Å². The minimum atomic E-state index is -3.12. The first kappa shape index (κ1) is 20.2. The molecule has 0 saturated carbocycles. The van der Waals surface area contributed by atoms with Crippen LogP contribution in [-0.2, 0) is 21.2 Å². The van der Waals surface area contributed by atoms with Crippen LogP contribution in [0, 0.1) is 0 Å². The van der Waals surface area contributed by atoms with Crippen LogP contribution >= 0.6 is 27.5 Å². The van der Waals surface area contributed by atoms with Gasteiger partial charge < -0.3 is 9.64 Å². The van der Waals surface area contributed by atoms with Crippen molar-refractivity contribution in [2.45, 2.75) is 19.0 Å². The predicted molar refractivity (Wildman–Crippen MR) is 109 cm³/mol. The lowest BCUT2D eigenvalue weighted by Crippen LogP contribution is -2.43. The standard InChI is InChI=1S/C19H19BrClNO4S/c20-15-5-7-17(8-6-15)26-12-19(23)22(16-9-10-27(24,25)13-16)11-14-3-1-2-4-18(14)21/h1-8,16H,9-13H2/t16-/m1/s1. The van der Waals surface area contributed by atoms with Crippen LogP contribution in [0.5, 0.6) is 5.75 Å². The highest BCUT2D eigenvalue weighted by molar-refractivity contribution is 9.10. The number of carbonyl (C=O) groups excluding carboxylic acids is 1. The van der Waals surface area contributed by atoms with Crippen LogP contribution in [0.15, 0.2) is 53.0 Å². The quantitative estimate of drug-likeness (QED) is 0.643. The summed E-state index contributed by atoms with van der Waals surface area (Å²) in [4.78, 5) is 14.4. The third-order valence-electron chi connectivity index (χ3n) is 4.44. The lowest BCUT2D eigenvalue weighted by Gasteiger charge is -2.28. The molecule has 1 saturated heterocycles. The number of hydrogen-bond acceptors (Lipinski definition) is 4. The molecular weight excluding hydrogens is 454 g/mol. The third kappa shape index (κ3) is 5.46. The molecule has 0 aromatic heterocycles. The Morgan fingerprint density at radius 2 is 1.89 bits per heavy atom. The van der Waals surface area contributed by atoms with Crippen LogP contribution < -0.4 is 4.74 Å². The fourth-order valence-electron chi connectivity index (χ4n) is 3.01. The fraction of sp³-hybridized carbons (Fsp3) is 0.316. The van der Waals surface area contributed by atoms with E-state index in [0.717, 1.165) is 10.0 Å². The summed E-state index contributed by atoms with van der Waals surface area (Å²) in [6.45, 7) is 0.0883. The van der Waals surface area contributed by atoms with Crippen molar-refractivity contribution in [1.82, 2.24) is 4.90 Å². The molecule has 144 valence electrons. The average Bonchev–Trinajstić information content (AvgIpc) is 3.00. The van der Waals surface area contributed by atoms with E-state index in [0.29, 0.717) is 17.2 Å². The van der Waals surface area contributed by atoms with Gasteiger partial charge in [0.25, 0.3) is 5.91 Å². The SMILES string of the molecule is O=C(COc1ccc(Br)cc1)N(Cc1ccccc1Cl)[C@@H]1CCS(=O)(=O)C1. The third-order valence-corrected chi connectivity index (χ3v) is 7.09. The van der Waals surface area contributed by atoms with Gasteiger partial charge in [-0.2, -0.15) is 0 Å². The molecule has 1 fully saturated rings. The topological polar surface area (TPSA) is 63.7 Å². The maximum Gasteiger partial charge on any atom is 0.261 e. The van der Waals surface area contributed by atoms with Crippen molar-refractivity contribution in [3.63, 3.8) is 0 Å². The van der Waals surface area contributed by atoms with E-state index in [4.69, 9.17) is 16.3 Å². The number of nitrogens with zero attached hydrogens (tertiary/aromatic N) is 1. The van der Waals surface area contributed by atoms with E-state index in [1.165, 1.54) is 0 Å². The number of ether oxygens (including phenoxy) is 1. The zero-order valence-corrected chi connectivity index (χ0v) is 17.6. The Balaban J connectivity index is 1.75. The molecule has 5 nitrogen and oxygen atoms in total. The van der Waals surface area contributed by atoms with Gasteiger partial charge in [0.1, 0.15) is 5.75 Å². The zero-order chi connectivity index (χ0) is 19.4. The molecule has 0 bridgehead atoms. The molecule has 1 atom stereocenters. The molecule has 0 N–H and O–H groups in total. The van der Waals surface area contributed by atoms with Gasteiger partial charge in [0, 0.05) is 22.1 Å². The monoisotopic (exact) mass is 471 g/mol. The number of rotatable bonds is 6. The highest BCUT2D eigenvalue weighted by atomic mass is 79.9. The second kappa shape index (κ2) is 8.63. The first-order valence-corrected chi connectivity index (χ1v) is 11.4. The highest BCUT2D eigenvalue weighted by Crippen LogP contribution is 2.24. The van der Waals surface area contributed by atoms with E-state index < -0.39 is 9.84 Å². The molecule has 1 aliphatic rings. The summed E-state index contributed by atoms with van der Waals surface area (Å²) in [5.74, 6) is 0.377. The van der Waals surface area contributed by atoms with Crippen LogP contribution in [-0.4, -0.2) is 43.4 Å². The smallest absolute Gasteiger partial charge is 0.261 e. The van der Waals surface area contributed by atoms with E-state index in [1.807, 2.05) is 30.3 Å². The lowest BCUT2D eigenvalue weighted by molar-refractivity contribution is -0.136. The number of carbonyl (C=O) groups is 1. The zero-order valence-electron chi connectivity index (χ0n) is 14.5. The summed E-state index contributed by atoms with van der Waals surface area (Å²) < 4.78 is 30.3. The minimum Gasteiger partial charge on any atom is -0.484 e. The van der Waals surface area contributed by atoms with Gasteiger partial charge in [-0.25, -0.2) is 8.42 Å². The van der Waals surface area contributed by atoms with Gasteiger partial charge in [0.2, 0.25) is 0 Å². The van der Waals surface area contributed by atoms with Gasteiger partial charge in [-0.3, -0.25) is 4.79 Å². The molecule has 2 aromatic rings. The molecule has 0 aliphatic carbocycles. The summed E-state index contributed by atoms with van der Waals surface area (Å²) in [5.41, 5.74) is 0.778. The summed E-state index contributed by atoms with van der Waals surface area (Å²) in [7, 11) is -3.12. The number of halogens is 2. The highest BCUT2D eigenvalue weighted by Gasteiger charge is 2.35. The molecule has 8 heteroatoms. The van der Waals surface area contributed by atoms with E-state index in [-0.39, 0.29) is 36.6 Å². The first-order chi connectivity index (χ1) is 12.8. The Hall–Kier alpha value is -1.57. The fourth-order valence-corrected chi connectivity index (χ4v) is 5.20. The Morgan fingerprint density at radius 3 is 2.52 bits per heavy atom. The second-order valence-electron chi connectivity index (χ2n) is 6.41. The van der Waals surface area contributed by atoms with Gasteiger partial charge in [-0.05, 0) is 42.3 Å². The van der Waals surface area contributed by atoms with Gasteiger partial charge in [0.05, 0.1) is 11.5 Å². The predicted octanol–water partition coefficient (Wildman–Crippen LogP) is 3.70. The van der Waals surface area contributed by atoms with Crippen LogP contribution in [0.25, 0.3) is 0 Å². The van der Waals surface area contributed by atoms with E-state index in [9.17, 15) is 13.2 Å². The first-order valence-electron chi connectivity index (χ1n) is 8.46. The molecule has 27 heavy (non-hydrogen) atoms. The summed E-state index contributed by atoms with van der Waals surface area (Å²) in [5, 5.41) is 0.546. The average molecular weight is 473 g/mol. The number of sulfone groups is 1. The normalized spacial score (nSPS) is 18.2. The molecule has 2 aromatic carbocycles. The summed E-state index contributed by atoms with van der Waals surface area (Å²) in [6, 6.07) is 14.0. The largest absolute Gasteiger partial charge is 0.484 e. The molecule has 1 heterocycles. The van der Waals surface area contributed by atoms with Crippen molar-refractivity contribution in [1.29, 1.82) is 0 Å². The molecule has 0 spiro atoms. The van der Waals surface area contributed by atoms with Crippen molar-refractivity contribution < 1.29 is 17.9 Å². The molecule has 0 radical (unpaired) electrons. The Labute approximate surface area is 172 Å². The lowest BCUT2D eigenvalue weighted by atomic mass is 10.1. The van der Waals surface area contributed by atoms with Crippen LogP contribution in [0.4, 0.5) is 0 Å². The van der Waals surface area contributed by atoms with E-state index in [2.05, 4.69) is 15.9 Å². The van der Waals surface area contributed by atoms with E-state index in [1.54, 1.807) is 23.1 Å². The minimum absolute atomic E-state index is 0.0263. The van der Waals surface area contributed by atoms with E-state index >= 15 is 0 Å². The molecule has 3 rings (SSSR count). The number of hydrogen-bond donors (Lipinski definition) is 0. The van der Waals surface area contributed by atoms with Crippen molar-refractivity contribution in [3.05, 3.63) is 63.6 Å². The molecular formula is C19H19BrClNO4S. The number of amides is 1. The Kier molecular flexibility index (Phi) is 6.44. The van der Waals surface area contributed by atoms with Gasteiger partial charge in [-0.15, -0.1) is 0 Å². The van der Waals surface area contributed by atoms with Crippen LogP contribution in [0.1, 0.15) is 12.0 Å². The maximum atomic E-state index is 12.9. The second-order valence-corrected chi connectivity index (χ2v) is 9.96. The molecule has 1 aliphatic heterocycles. The van der Waals surface area contributed by atoms with Crippen LogP contribution in [0.3, 0.4) is 0 Å². The maximum absolute atomic E-state index is 12.9. The Bertz CT molecular complexity index is 918. The molecule has 1 amide bonds. The van der Waals surface area contributed by atoms with Gasteiger partial charge in [-0.1, -0.05) is 45.7 Å². The summed E-state index contributed by atoms with van der Waals surface area (Å²) in [6.07, 6.45) is 0.427. The van der Waals surface area contributed by atoms with Crippen molar-refractivity contribution in [2.24, 2.45) is 0 Å². The van der Waals surface area contributed by atoms with Crippen molar-refractivity contribution in [2.75, 3.05) is 18.1 Å². The van der Waals surface area contributed by atoms with Gasteiger partial charge in [0.15, 0.2) is 16.4 Å².